The van der Waals surface area contributed by atoms with E-state index in [1.807, 2.05) is 60.7 Å². The maximum absolute atomic E-state index is 11.2. The number of benzene rings is 3. The van der Waals surface area contributed by atoms with E-state index in [0.717, 1.165) is 22.6 Å². The van der Waals surface area contributed by atoms with Crippen LogP contribution in [-0.4, -0.2) is 11.7 Å². The highest BCUT2D eigenvalue weighted by Crippen LogP contribution is 2.34. The smallest absolute Gasteiger partial charge is 0.315 e. The molecule has 0 fully saturated rings. The van der Waals surface area contributed by atoms with Gasteiger partial charge in [0, 0.05) is 17.1 Å². The number of anilines is 3. The molecule has 0 aromatic heterocycles. The van der Waals surface area contributed by atoms with E-state index in [1.165, 1.54) is 0 Å². The number of nitrogens with zero attached hydrogens (tertiary/aromatic N) is 1. The quantitative estimate of drug-likeness (QED) is 0.494. The number of hydrogen-bond acceptors (Lipinski definition) is 4. The largest absolute Gasteiger partial charge is 0.460 e. The maximum atomic E-state index is 11.2. The van der Waals surface area contributed by atoms with Crippen molar-refractivity contribution in [1.82, 2.24) is 0 Å². The fourth-order valence-corrected chi connectivity index (χ4v) is 2.64. The van der Waals surface area contributed by atoms with E-state index in [4.69, 9.17) is 4.74 Å². The van der Waals surface area contributed by atoms with Crippen LogP contribution in [-0.2, 0) is 16.1 Å². The molecular weight excluding hydrogens is 330 g/mol. The molecule has 0 aliphatic rings. The molecule has 25 heavy (non-hydrogen) atoms. The van der Waals surface area contributed by atoms with Crippen LogP contribution >= 0.6 is 12.6 Å². The zero-order valence-electron chi connectivity index (χ0n) is 13.7. The van der Waals surface area contributed by atoms with Crippen LogP contribution in [0.4, 0.5) is 17.1 Å². The summed E-state index contributed by atoms with van der Waals surface area (Å²) in [5.41, 5.74) is 4.16. The molecule has 0 bridgehead atoms. The van der Waals surface area contributed by atoms with Crippen LogP contribution in [0.2, 0.25) is 0 Å². The lowest BCUT2D eigenvalue weighted by Gasteiger charge is -2.25. The molecule has 3 rings (SSSR count). The van der Waals surface area contributed by atoms with Gasteiger partial charge < -0.3 is 9.64 Å². The second-order valence-corrected chi connectivity index (χ2v) is 5.81. The third-order valence-electron chi connectivity index (χ3n) is 3.75. The molecule has 0 amide bonds. The van der Waals surface area contributed by atoms with Gasteiger partial charge in [0.15, 0.2) is 0 Å². The van der Waals surface area contributed by atoms with Crippen molar-refractivity contribution in [3.8, 4) is 0 Å². The molecule has 0 aliphatic carbocycles. The first-order valence-corrected chi connectivity index (χ1v) is 8.67. The lowest BCUT2D eigenvalue weighted by Crippen LogP contribution is -2.10. The van der Waals surface area contributed by atoms with E-state index in [0.29, 0.717) is 0 Å². The predicted molar refractivity (Wildman–Crippen MR) is 105 cm³/mol. The second-order valence-electron chi connectivity index (χ2n) is 5.49. The van der Waals surface area contributed by atoms with Crippen molar-refractivity contribution < 1.29 is 9.53 Å². The molecule has 0 N–H and O–H groups in total. The van der Waals surface area contributed by atoms with Crippen molar-refractivity contribution in [2.24, 2.45) is 0 Å². The zero-order chi connectivity index (χ0) is 17.5. The molecule has 0 spiro atoms. The second kappa shape index (κ2) is 8.40. The Labute approximate surface area is 153 Å². The first-order valence-electron chi connectivity index (χ1n) is 8.03. The number of rotatable bonds is 6. The van der Waals surface area contributed by atoms with Crippen molar-refractivity contribution in [2.45, 2.75) is 6.61 Å². The molecule has 0 saturated carbocycles. The van der Waals surface area contributed by atoms with Gasteiger partial charge in [0.25, 0.3) is 0 Å². The van der Waals surface area contributed by atoms with Gasteiger partial charge in [-0.1, -0.05) is 48.5 Å². The molecule has 0 atom stereocenters. The van der Waals surface area contributed by atoms with E-state index in [9.17, 15) is 4.79 Å². The third-order valence-corrected chi connectivity index (χ3v) is 4.01. The Balaban J connectivity index is 1.88. The van der Waals surface area contributed by atoms with Crippen molar-refractivity contribution in [1.29, 1.82) is 0 Å². The molecule has 0 radical (unpaired) electrons. The van der Waals surface area contributed by atoms with E-state index >= 15 is 0 Å². The number of carbonyl (C=O) groups is 1. The summed E-state index contributed by atoms with van der Waals surface area (Å²) in [6.45, 7) is 0.260. The van der Waals surface area contributed by atoms with Crippen LogP contribution in [0.5, 0.6) is 0 Å². The molecule has 3 aromatic carbocycles. The van der Waals surface area contributed by atoms with Crippen LogP contribution in [0.1, 0.15) is 5.56 Å². The number of esters is 1. The van der Waals surface area contributed by atoms with E-state index in [2.05, 4.69) is 41.8 Å². The molecule has 126 valence electrons. The fourth-order valence-electron chi connectivity index (χ4n) is 2.55. The number of ether oxygens (including phenoxy) is 1. The molecule has 3 aromatic rings. The van der Waals surface area contributed by atoms with Crippen molar-refractivity contribution >= 4 is 35.7 Å². The SMILES string of the molecule is O=C(CS)OCc1ccc(N(c2ccccc2)c2ccccc2)cc1. The molecule has 0 saturated heterocycles. The topological polar surface area (TPSA) is 29.5 Å². The van der Waals surface area contributed by atoms with Crippen molar-refractivity contribution in [3.63, 3.8) is 0 Å². The van der Waals surface area contributed by atoms with Crippen LogP contribution in [0.25, 0.3) is 0 Å². The molecular formula is C21H19NO2S. The maximum Gasteiger partial charge on any atom is 0.315 e. The van der Waals surface area contributed by atoms with Crippen molar-refractivity contribution in [2.75, 3.05) is 10.7 Å². The van der Waals surface area contributed by atoms with Gasteiger partial charge in [-0.25, -0.2) is 0 Å². The summed E-state index contributed by atoms with van der Waals surface area (Å²) in [5.74, 6) is -0.226. The number of carbonyl (C=O) groups excluding carboxylic acids is 1. The van der Waals surface area contributed by atoms with Gasteiger partial charge in [-0.2, -0.15) is 12.6 Å². The monoisotopic (exact) mass is 349 g/mol. The first-order chi connectivity index (χ1) is 12.3. The Morgan fingerprint density at radius 3 is 1.72 bits per heavy atom. The average Bonchev–Trinajstić information content (AvgIpc) is 2.69. The van der Waals surface area contributed by atoms with Gasteiger partial charge in [0.1, 0.15) is 6.61 Å². The zero-order valence-corrected chi connectivity index (χ0v) is 14.6. The summed E-state index contributed by atoms with van der Waals surface area (Å²) in [7, 11) is 0. The molecule has 0 aliphatic heterocycles. The van der Waals surface area contributed by atoms with E-state index in [-0.39, 0.29) is 18.3 Å². The average molecular weight is 349 g/mol. The summed E-state index contributed by atoms with van der Waals surface area (Å²) in [4.78, 5) is 13.4. The lowest BCUT2D eigenvalue weighted by molar-refractivity contribution is -0.141. The van der Waals surface area contributed by atoms with Crippen molar-refractivity contribution in [3.05, 3.63) is 90.5 Å². The number of hydrogen-bond donors (Lipinski definition) is 1. The minimum Gasteiger partial charge on any atom is -0.460 e. The molecule has 0 unspecified atom stereocenters. The molecule has 3 nitrogen and oxygen atoms in total. The number of thiol groups is 1. The Morgan fingerprint density at radius 2 is 1.24 bits per heavy atom. The summed E-state index contributed by atoms with van der Waals surface area (Å²) < 4.78 is 5.12. The van der Waals surface area contributed by atoms with Crippen LogP contribution in [0, 0.1) is 0 Å². The minimum absolute atomic E-state index is 0.0911. The van der Waals surface area contributed by atoms with Gasteiger partial charge in [-0.05, 0) is 42.0 Å². The lowest BCUT2D eigenvalue weighted by atomic mass is 10.1. The van der Waals surface area contributed by atoms with Gasteiger partial charge in [-0.3, -0.25) is 4.79 Å². The van der Waals surface area contributed by atoms with Gasteiger partial charge in [0.2, 0.25) is 0 Å². The highest BCUT2D eigenvalue weighted by molar-refractivity contribution is 7.81. The summed E-state index contributed by atoms with van der Waals surface area (Å²) in [5, 5.41) is 0. The summed E-state index contributed by atoms with van der Waals surface area (Å²) >= 11 is 3.90. The number of para-hydroxylation sites is 2. The molecule has 0 heterocycles. The van der Waals surface area contributed by atoms with Gasteiger partial charge in [0.05, 0.1) is 5.75 Å². The van der Waals surface area contributed by atoms with Gasteiger partial charge in [-0.15, -0.1) is 0 Å². The fraction of sp³-hybridized carbons (Fsp3) is 0.0952. The normalized spacial score (nSPS) is 10.3. The summed E-state index contributed by atoms with van der Waals surface area (Å²) in [6, 6.07) is 28.4. The molecule has 4 heteroatoms. The third kappa shape index (κ3) is 4.43. The van der Waals surface area contributed by atoms with Crippen LogP contribution in [0.15, 0.2) is 84.9 Å². The van der Waals surface area contributed by atoms with E-state index in [1.54, 1.807) is 0 Å². The standard InChI is InChI=1S/C21H19NO2S/c23-21(16-25)24-15-17-11-13-20(14-12-17)22(18-7-3-1-4-8-18)19-9-5-2-6-10-19/h1-14,25H,15-16H2. The van der Waals surface area contributed by atoms with Crippen LogP contribution in [0.3, 0.4) is 0 Å². The minimum atomic E-state index is -0.317. The Kier molecular flexibility index (Phi) is 5.75. The Morgan fingerprint density at radius 1 is 0.760 bits per heavy atom. The summed E-state index contributed by atoms with van der Waals surface area (Å²) in [6.07, 6.45) is 0. The Hall–Kier alpha value is -2.72. The predicted octanol–water partition coefficient (Wildman–Crippen LogP) is 5.13. The highest BCUT2D eigenvalue weighted by Gasteiger charge is 2.11. The van der Waals surface area contributed by atoms with Crippen LogP contribution < -0.4 is 4.90 Å². The van der Waals surface area contributed by atoms with E-state index < -0.39 is 0 Å². The first kappa shape index (κ1) is 17.1. The van der Waals surface area contributed by atoms with Gasteiger partial charge >= 0.3 is 5.97 Å². The highest BCUT2D eigenvalue weighted by atomic mass is 32.1. The Bertz CT molecular complexity index is 765.